The predicted molar refractivity (Wildman–Crippen MR) is 76.0 cm³/mol. The van der Waals surface area contributed by atoms with E-state index in [0.29, 0.717) is 31.6 Å². The highest BCUT2D eigenvalue weighted by atomic mass is 35.5. The standard InChI is InChI=1S/C15H15ClFNO4/c16-10-7-9(1-2-11(10)17)12-8-18(5-6-22-12)13(19)15(3-4-15)14(20)21/h1-2,7,12H,3-6,8H2,(H,20,21). The van der Waals surface area contributed by atoms with Gasteiger partial charge >= 0.3 is 5.97 Å². The molecule has 1 saturated heterocycles. The number of carboxylic acids is 1. The quantitative estimate of drug-likeness (QED) is 0.865. The first-order valence-electron chi connectivity index (χ1n) is 7.03. The molecule has 5 nitrogen and oxygen atoms in total. The van der Waals surface area contributed by atoms with Crippen molar-refractivity contribution in [1.82, 2.24) is 4.90 Å². The lowest BCUT2D eigenvalue weighted by atomic mass is 10.0. The number of amides is 1. The van der Waals surface area contributed by atoms with E-state index in [1.54, 1.807) is 6.07 Å². The lowest BCUT2D eigenvalue weighted by molar-refractivity contribution is -0.157. The van der Waals surface area contributed by atoms with E-state index in [-0.39, 0.29) is 17.5 Å². The van der Waals surface area contributed by atoms with Crippen LogP contribution in [-0.4, -0.2) is 41.6 Å². The van der Waals surface area contributed by atoms with Crippen LogP contribution in [0.15, 0.2) is 18.2 Å². The van der Waals surface area contributed by atoms with Crippen LogP contribution in [0, 0.1) is 11.2 Å². The van der Waals surface area contributed by atoms with Crippen LogP contribution in [0.5, 0.6) is 0 Å². The second-order valence-corrected chi connectivity index (χ2v) is 6.08. The van der Waals surface area contributed by atoms with Crippen molar-refractivity contribution in [2.75, 3.05) is 19.7 Å². The smallest absolute Gasteiger partial charge is 0.319 e. The molecule has 0 bridgehead atoms. The number of nitrogens with zero attached hydrogens (tertiary/aromatic N) is 1. The first kappa shape index (κ1) is 15.2. The van der Waals surface area contributed by atoms with Gasteiger partial charge in [-0.1, -0.05) is 17.7 Å². The van der Waals surface area contributed by atoms with Crippen LogP contribution >= 0.6 is 11.6 Å². The van der Waals surface area contributed by atoms with Crippen LogP contribution in [-0.2, 0) is 14.3 Å². The third-order valence-electron chi connectivity index (χ3n) is 4.24. The molecule has 0 radical (unpaired) electrons. The van der Waals surface area contributed by atoms with Crippen molar-refractivity contribution in [3.05, 3.63) is 34.6 Å². The molecule has 1 aliphatic heterocycles. The maximum atomic E-state index is 13.2. The number of hydrogen-bond donors (Lipinski definition) is 1. The minimum Gasteiger partial charge on any atom is -0.480 e. The van der Waals surface area contributed by atoms with Crippen LogP contribution in [0.3, 0.4) is 0 Å². The number of ether oxygens (including phenoxy) is 1. The summed E-state index contributed by atoms with van der Waals surface area (Å²) >= 11 is 5.77. The summed E-state index contributed by atoms with van der Waals surface area (Å²) in [7, 11) is 0. The Morgan fingerprint density at radius 1 is 1.41 bits per heavy atom. The van der Waals surface area contributed by atoms with Crippen molar-refractivity contribution < 1.29 is 23.8 Å². The average Bonchev–Trinajstić information content (AvgIpc) is 3.31. The lowest BCUT2D eigenvalue weighted by Gasteiger charge is -2.34. The highest BCUT2D eigenvalue weighted by Crippen LogP contribution is 2.48. The fraction of sp³-hybridized carbons (Fsp3) is 0.467. The molecule has 2 fully saturated rings. The Morgan fingerprint density at radius 2 is 2.14 bits per heavy atom. The van der Waals surface area contributed by atoms with Crippen LogP contribution in [0.4, 0.5) is 4.39 Å². The molecule has 1 aromatic rings. The van der Waals surface area contributed by atoms with E-state index >= 15 is 0 Å². The number of morpholine rings is 1. The molecule has 3 rings (SSSR count). The number of aliphatic carboxylic acids is 1. The summed E-state index contributed by atoms with van der Waals surface area (Å²) in [6.45, 7) is 0.913. The molecule has 7 heteroatoms. The van der Waals surface area contributed by atoms with Gasteiger partial charge in [-0.3, -0.25) is 9.59 Å². The van der Waals surface area contributed by atoms with E-state index < -0.39 is 23.3 Å². The number of carboxylic acid groups (broad SMARTS) is 1. The number of carbonyl (C=O) groups excluding carboxylic acids is 1. The van der Waals surface area contributed by atoms with Crippen molar-refractivity contribution in [1.29, 1.82) is 0 Å². The molecule has 1 unspecified atom stereocenters. The summed E-state index contributed by atoms with van der Waals surface area (Å²) in [6.07, 6.45) is 0.331. The van der Waals surface area contributed by atoms with Gasteiger partial charge < -0.3 is 14.7 Å². The van der Waals surface area contributed by atoms with Gasteiger partial charge in [-0.2, -0.15) is 0 Å². The van der Waals surface area contributed by atoms with Gasteiger partial charge in [0.05, 0.1) is 18.2 Å². The Hall–Kier alpha value is -1.66. The van der Waals surface area contributed by atoms with Gasteiger partial charge in [-0.15, -0.1) is 0 Å². The van der Waals surface area contributed by atoms with Gasteiger partial charge in [0.1, 0.15) is 17.3 Å². The van der Waals surface area contributed by atoms with Crippen LogP contribution in [0.25, 0.3) is 0 Å². The number of hydrogen-bond acceptors (Lipinski definition) is 3. The first-order valence-corrected chi connectivity index (χ1v) is 7.41. The molecule has 118 valence electrons. The summed E-state index contributed by atoms with van der Waals surface area (Å²) < 4.78 is 18.8. The summed E-state index contributed by atoms with van der Waals surface area (Å²) in [5, 5.41) is 9.21. The Balaban J connectivity index is 1.75. The molecule has 1 aliphatic carbocycles. The monoisotopic (exact) mass is 327 g/mol. The molecule has 0 spiro atoms. The third kappa shape index (κ3) is 2.57. The van der Waals surface area contributed by atoms with Gasteiger partial charge in [0.2, 0.25) is 5.91 Å². The highest BCUT2D eigenvalue weighted by molar-refractivity contribution is 6.30. The fourth-order valence-electron chi connectivity index (χ4n) is 2.69. The van der Waals surface area contributed by atoms with Crippen molar-refractivity contribution in [3.8, 4) is 0 Å². The zero-order valence-electron chi connectivity index (χ0n) is 11.7. The average molecular weight is 328 g/mol. The van der Waals surface area contributed by atoms with Gasteiger partial charge in [-0.05, 0) is 30.5 Å². The SMILES string of the molecule is O=C(O)C1(C(=O)N2CCOC(c3ccc(F)c(Cl)c3)C2)CC1. The summed E-state index contributed by atoms with van der Waals surface area (Å²) in [5.41, 5.74) is -0.577. The minimum absolute atomic E-state index is 0.00579. The number of benzene rings is 1. The molecule has 2 aliphatic rings. The van der Waals surface area contributed by atoms with E-state index in [2.05, 4.69) is 0 Å². The molecule has 1 saturated carbocycles. The third-order valence-corrected chi connectivity index (χ3v) is 4.53. The second-order valence-electron chi connectivity index (χ2n) is 5.67. The molecular weight excluding hydrogens is 313 g/mol. The number of carbonyl (C=O) groups is 2. The summed E-state index contributed by atoms with van der Waals surface area (Å²) in [4.78, 5) is 25.2. The van der Waals surface area contributed by atoms with Crippen molar-refractivity contribution in [3.63, 3.8) is 0 Å². The Labute approximate surface area is 131 Å². The molecule has 1 amide bonds. The maximum Gasteiger partial charge on any atom is 0.319 e. The van der Waals surface area contributed by atoms with Crippen LogP contribution in [0.1, 0.15) is 24.5 Å². The normalized spacial score (nSPS) is 23.2. The molecule has 0 aromatic heterocycles. The van der Waals surface area contributed by atoms with Crippen molar-refractivity contribution in [2.24, 2.45) is 5.41 Å². The van der Waals surface area contributed by atoms with Gasteiger partial charge in [0.15, 0.2) is 0 Å². The Bertz CT molecular complexity index is 632. The second kappa shape index (κ2) is 5.52. The van der Waals surface area contributed by atoms with E-state index in [0.717, 1.165) is 0 Å². The summed E-state index contributed by atoms with van der Waals surface area (Å²) in [5.74, 6) is -1.94. The number of rotatable bonds is 3. The molecule has 1 heterocycles. The molecular formula is C15H15ClFNO4. The van der Waals surface area contributed by atoms with Gasteiger partial charge in [-0.25, -0.2) is 4.39 Å². The Morgan fingerprint density at radius 3 is 2.73 bits per heavy atom. The van der Waals surface area contributed by atoms with Crippen molar-refractivity contribution in [2.45, 2.75) is 18.9 Å². The molecule has 1 aromatic carbocycles. The number of halogens is 2. The predicted octanol–water partition coefficient (Wildman–Crippen LogP) is 2.24. The minimum atomic E-state index is -1.25. The molecule has 1 N–H and O–H groups in total. The lowest BCUT2D eigenvalue weighted by Crippen LogP contribution is -2.47. The Kier molecular flexibility index (Phi) is 3.82. The fourth-order valence-corrected chi connectivity index (χ4v) is 2.88. The van der Waals surface area contributed by atoms with E-state index in [9.17, 15) is 19.1 Å². The maximum absolute atomic E-state index is 13.2. The molecule has 22 heavy (non-hydrogen) atoms. The van der Waals surface area contributed by atoms with E-state index in [1.807, 2.05) is 0 Å². The van der Waals surface area contributed by atoms with Crippen LogP contribution in [0.2, 0.25) is 5.02 Å². The van der Waals surface area contributed by atoms with Gasteiger partial charge in [0.25, 0.3) is 0 Å². The topological polar surface area (TPSA) is 66.8 Å². The molecule has 1 atom stereocenters. The summed E-state index contributed by atoms with van der Waals surface area (Å²) in [6, 6.07) is 4.28. The first-order chi connectivity index (χ1) is 10.4. The zero-order valence-corrected chi connectivity index (χ0v) is 12.5. The zero-order chi connectivity index (χ0) is 15.9. The van der Waals surface area contributed by atoms with E-state index in [4.69, 9.17) is 16.3 Å². The van der Waals surface area contributed by atoms with Crippen LogP contribution < -0.4 is 0 Å². The largest absolute Gasteiger partial charge is 0.480 e. The van der Waals surface area contributed by atoms with Crippen molar-refractivity contribution >= 4 is 23.5 Å². The van der Waals surface area contributed by atoms with E-state index in [1.165, 1.54) is 17.0 Å². The highest BCUT2D eigenvalue weighted by Gasteiger charge is 2.58. The van der Waals surface area contributed by atoms with Gasteiger partial charge in [0, 0.05) is 6.54 Å².